The maximum Gasteiger partial charge on any atom is 0.221 e. The van der Waals surface area contributed by atoms with E-state index in [1.54, 1.807) is 0 Å². The third kappa shape index (κ3) is 5.21. The van der Waals surface area contributed by atoms with Gasteiger partial charge >= 0.3 is 0 Å². The zero-order valence-corrected chi connectivity index (χ0v) is 11.2. The zero-order valence-electron chi connectivity index (χ0n) is 10.4. The van der Waals surface area contributed by atoms with Crippen molar-refractivity contribution in [2.75, 3.05) is 18.1 Å². The smallest absolute Gasteiger partial charge is 0.221 e. The lowest BCUT2D eigenvalue weighted by Gasteiger charge is -2.22. The van der Waals surface area contributed by atoms with E-state index in [1.807, 2.05) is 11.8 Å². The molecule has 0 saturated carbocycles. The first-order valence-electron chi connectivity index (χ1n) is 6.19. The summed E-state index contributed by atoms with van der Waals surface area (Å²) in [5, 5.41) is 3.01. The van der Waals surface area contributed by atoms with Gasteiger partial charge in [-0.25, -0.2) is 0 Å². The summed E-state index contributed by atoms with van der Waals surface area (Å²) in [4.78, 5) is 11.6. The van der Waals surface area contributed by atoms with Crippen LogP contribution in [0, 0.1) is 11.8 Å². The van der Waals surface area contributed by atoms with E-state index < -0.39 is 0 Å². The lowest BCUT2D eigenvalue weighted by Crippen LogP contribution is -2.37. The van der Waals surface area contributed by atoms with Crippen LogP contribution in [0.2, 0.25) is 0 Å². The third-order valence-corrected chi connectivity index (χ3v) is 4.25. The molecule has 0 radical (unpaired) electrons. The Balaban J connectivity index is 2.14. The zero-order chi connectivity index (χ0) is 12.0. The van der Waals surface area contributed by atoms with Gasteiger partial charge in [0.25, 0.3) is 0 Å². The second-order valence-corrected chi connectivity index (χ2v) is 6.20. The third-order valence-electron chi connectivity index (χ3n) is 3.21. The van der Waals surface area contributed by atoms with Crippen molar-refractivity contribution in [1.29, 1.82) is 0 Å². The molecule has 16 heavy (non-hydrogen) atoms. The van der Waals surface area contributed by atoms with Gasteiger partial charge in [0.05, 0.1) is 0 Å². The molecule has 94 valence electrons. The number of hydrogen-bond acceptors (Lipinski definition) is 3. The van der Waals surface area contributed by atoms with Gasteiger partial charge in [0.15, 0.2) is 0 Å². The van der Waals surface area contributed by atoms with Gasteiger partial charge in [-0.15, -0.1) is 0 Å². The summed E-state index contributed by atoms with van der Waals surface area (Å²) in [6, 6.07) is -0.0121. The molecule has 1 rings (SSSR count). The van der Waals surface area contributed by atoms with E-state index in [2.05, 4.69) is 19.2 Å². The average molecular weight is 244 g/mol. The van der Waals surface area contributed by atoms with Crippen molar-refractivity contribution in [2.45, 2.75) is 39.2 Å². The van der Waals surface area contributed by atoms with Gasteiger partial charge < -0.3 is 11.1 Å². The van der Waals surface area contributed by atoms with E-state index in [-0.39, 0.29) is 11.9 Å². The number of thioether (sulfide) groups is 1. The topological polar surface area (TPSA) is 55.1 Å². The Morgan fingerprint density at radius 1 is 1.44 bits per heavy atom. The average Bonchev–Trinajstić information content (AvgIpc) is 2.27. The SMILES string of the molecule is CC(C)C(N)CC(=O)NCC1CCSCC1. The first-order chi connectivity index (χ1) is 7.59. The fraction of sp³-hybridized carbons (Fsp3) is 0.917. The standard InChI is InChI=1S/C12H24N2OS/c1-9(2)11(13)7-12(15)14-8-10-3-5-16-6-4-10/h9-11H,3-8,13H2,1-2H3,(H,14,15). The monoisotopic (exact) mass is 244 g/mol. The van der Waals surface area contributed by atoms with Gasteiger partial charge in [0, 0.05) is 19.0 Å². The molecule has 1 unspecified atom stereocenters. The molecule has 3 N–H and O–H groups in total. The Kier molecular flexibility index (Phi) is 6.21. The molecule has 0 aromatic carbocycles. The van der Waals surface area contributed by atoms with Crippen LogP contribution in [0.1, 0.15) is 33.1 Å². The molecule has 1 aliphatic rings. The Hall–Kier alpha value is -0.220. The highest BCUT2D eigenvalue weighted by Crippen LogP contribution is 2.21. The van der Waals surface area contributed by atoms with Gasteiger partial charge in [0.2, 0.25) is 5.91 Å². The van der Waals surface area contributed by atoms with Crippen molar-refractivity contribution in [2.24, 2.45) is 17.6 Å². The maximum absolute atomic E-state index is 11.6. The van der Waals surface area contributed by atoms with Gasteiger partial charge in [-0.05, 0) is 36.2 Å². The van der Waals surface area contributed by atoms with Crippen molar-refractivity contribution in [3.05, 3.63) is 0 Å². The van der Waals surface area contributed by atoms with Crippen molar-refractivity contribution in [1.82, 2.24) is 5.32 Å². The molecule has 3 nitrogen and oxygen atoms in total. The van der Waals surface area contributed by atoms with Crippen molar-refractivity contribution in [3.8, 4) is 0 Å². The van der Waals surface area contributed by atoms with Crippen LogP contribution in [0.15, 0.2) is 0 Å². The van der Waals surface area contributed by atoms with Crippen molar-refractivity contribution in [3.63, 3.8) is 0 Å². The second-order valence-electron chi connectivity index (χ2n) is 4.97. The maximum atomic E-state index is 11.6. The summed E-state index contributed by atoms with van der Waals surface area (Å²) < 4.78 is 0. The normalized spacial score (nSPS) is 19.8. The number of nitrogens with one attached hydrogen (secondary N) is 1. The Morgan fingerprint density at radius 2 is 2.06 bits per heavy atom. The molecule has 1 saturated heterocycles. The lowest BCUT2D eigenvalue weighted by molar-refractivity contribution is -0.121. The fourth-order valence-corrected chi connectivity index (χ4v) is 2.93. The van der Waals surface area contributed by atoms with Gasteiger partial charge in [-0.2, -0.15) is 11.8 Å². The minimum Gasteiger partial charge on any atom is -0.356 e. The van der Waals surface area contributed by atoms with Crippen LogP contribution in [0.3, 0.4) is 0 Å². The highest BCUT2D eigenvalue weighted by atomic mass is 32.2. The summed E-state index contributed by atoms with van der Waals surface area (Å²) in [6.45, 7) is 4.94. The quantitative estimate of drug-likeness (QED) is 0.772. The van der Waals surface area contributed by atoms with Crippen LogP contribution in [0.4, 0.5) is 0 Å². The summed E-state index contributed by atoms with van der Waals surface area (Å²) in [7, 11) is 0. The second kappa shape index (κ2) is 7.17. The molecule has 1 amide bonds. The molecular weight excluding hydrogens is 220 g/mol. The van der Waals surface area contributed by atoms with Gasteiger partial charge in [-0.1, -0.05) is 13.8 Å². The first-order valence-corrected chi connectivity index (χ1v) is 7.35. The van der Waals surface area contributed by atoms with E-state index in [4.69, 9.17) is 5.73 Å². The van der Waals surface area contributed by atoms with Crippen LogP contribution in [0.25, 0.3) is 0 Å². The fourth-order valence-electron chi connectivity index (χ4n) is 1.73. The van der Waals surface area contributed by atoms with E-state index in [0.717, 1.165) is 6.54 Å². The van der Waals surface area contributed by atoms with Crippen LogP contribution < -0.4 is 11.1 Å². The molecular formula is C12H24N2OS. The molecule has 0 aliphatic carbocycles. The molecule has 1 aliphatic heterocycles. The molecule has 0 bridgehead atoms. The summed E-state index contributed by atoms with van der Waals surface area (Å²) in [6.07, 6.45) is 2.93. The predicted molar refractivity (Wildman–Crippen MR) is 70.5 cm³/mol. The van der Waals surface area contributed by atoms with E-state index in [1.165, 1.54) is 24.3 Å². The van der Waals surface area contributed by atoms with Gasteiger partial charge in [0.1, 0.15) is 0 Å². The number of hydrogen-bond donors (Lipinski definition) is 2. The number of carbonyl (C=O) groups excluding carboxylic acids is 1. The van der Waals surface area contributed by atoms with Crippen molar-refractivity contribution >= 4 is 17.7 Å². The first kappa shape index (κ1) is 13.8. The minimum absolute atomic E-state index is 0.0121. The Labute approximate surface area is 103 Å². The number of nitrogens with two attached hydrogens (primary N) is 1. The van der Waals surface area contributed by atoms with Crippen molar-refractivity contribution < 1.29 is 4.79 Å². The number of carbonyl (C=O) groups is 1. The predicted octanol–water partition coefficient (Wildman–Crippen LogP) is 1.62. The largest absolute Gasteiger partial charge is 0.356 e. The summed E-state index contributed by atoms with van der Waals surface area (Å²) >= 11 is 2.01. The van der Waals surface area contributed by atoms with Crippen LogP contribution in [-0.2, 0) is 4.79 Å². The minimum atomic E-state index is -0.0121. The molecule has 0 aromatic heterocycles. The van der Waals surface area contributed by atoms with Gasteiger partial charge in [-0.3, -0.25) is 4.79 Å². The molecule has 4 heteroatoms. The number of rotatable bonds is 5. The van der Waals surface area contributed by atoms with E-state index in [9.17, 15) is 4.79 Å². The highest BCUT2D eigenvalue weighted by Gasteiger charge is 2.16. The van der Waals surface area contributed by atoms with E-state index >= 15 is 0 Å². The summed E-state index contributed by atoms with van der Waals surface area (Å²) in [5.41, 5.74) is 5.86. The van der Waals surface area contributed by atoms with Crippen LogP contribution in [0.5, 0.6) is 0 Å². The van der Waals surface area contributed by atoms with Crippen LogP contribution in [-0.4, -0.2) is 30.0 Å². The highest BCUT2D eigenvalue weighted by molar-refractivity contribution is 7.99. The number of amides is 1. The molecule has 1 atom stereocenters. The Bertz CT molecular complexity index is 215. The summed E-state index contributed by atoms with van der Waals surface area (Å²) in [5.74, 6) is 3.65. The Morgan fingerprint density at radius 3 is 2.62 bits per heavy atom. The molecule has 1 heterocycles. The lowest BCUT2D eigenvalue weighted by atomic mass is 10.0. The van der Waals surface area contributed by atoms with E-state index in [0.29, 0.717) is 18.3 Å². The molecule has 0 aromatic rings. The molecule has 1 fully saturated rings. The van der Waals surface area contributed by atoms with Crippen LogP contribution >= 0.6 is 11.8 Å². The molecule has 0 spiro atoms.